The molecular weight excluding hydrogens is 639 g/mol. The zero-order valence-corrected chi connectivity index (χ0v) is 36.0. The molecule has 4 aliphatic rings. The second-order valence-electron chi connectivity index (χ2n) is 19.9. The molecule has 1 N–H and O–H groups in total. The predicted octanol–water partition coefficient (Wildman–Crippen LogP) is 10.6. The van der Waals surface area contributed by atoms with Crippen molar-refractivity contribution in [3.05, 3.63) is 47.6 Å². The normalized spacial score (nSPS) is 32.4. The van der Waals surface area contributed by atoms with E-state index in [1.165, 1.54) is 31.3 Å². The van der Waals surface area contributed by atoms with Crippen LogP contribution in [0.2, 0.25) is 36.3 Å². The zero-order valence-electron chi connectivity index (χ0n) is 34.0. The monoisotopic (exact) mass is 712 g/mol. The Labute approximate surface area is 303 Å². The molecule has 0 bridgehead atoms. The Morgan fingerprint density at radius 1 is 0.959 bits per heavy atom. The lowest BCUT2D eigenvalue weighted by Crippen LogP contribution is -2.49. The number of allylic oxidation sites excluding steroid dienone is 4. The lowest BCUT2D eigenvalue weighted by atomic mass is 9.61. The highest BCUT2D eigenvalue weighted by molar-refractivity contribution is 6.74. The van der Waals surface area contributed by atoms with Crippen molar-refractivity contribution in [2.45, 2.75) is 168 Å². The van der Waals surface area contributed by atoms with Gasteiger partial charge in [0.25, 0.3) is 0 Å². The molecule has 0 aromatic rings. The first-order chi connectivity index (χ1) is 22.4. The second-order valence-corrected chi connectivity index (χ2v) is 29.4. The summed E-state index contributed by atoms with van der Waals surface area (Å²) in [6.45, 7) is 32.9. The van der Waals surface area contributed by atoms with Gasteiger partial charge in [-0.3, -0.25) is 4.79 Å². The second kappa shape index (κ2) is 14.3. The molecule has 4 rings (SSSR count). The molecule has 0 aliphatic heterocycles. The SMILES string of the molecule is C=C1/C(=C/C=C2\CCC[C@@]3(C)C2CCC3[C@H](C)/C=C/C(O)C2(C(=O)N(C)C)CC2)CC(O[Si](C)(C)C(C)(C)C)CC1O[Si](C)(C)C(C)(C)C. The number of amides is 1. The van der Waals surface area contributed by atoms with Gasteiger partial charge in [-0.25, -0.2) is 0 Å². The summed E-state index contributed by atoms with van der Waals surface area (Å²) in [5, 5.41) is 11.4. The Hall–Kier alpha value is -1.26. The minimum absolute atomic E-state index is 0.00710. The van der Waals surface area contributed by atoms with E-state index in [9.17, 15) is 9.90 Å². The van der Waals surface area contributed by atoms with Gasteiger partial charge in [0, 0.05) is 20.5 Å². The molecule has 4 aliphatic carbocycles. The van der Waals surface area contributed by atoms with E-state index in [1.807, 2.05) is 6.08 Å². The molecule has 49 heavy (non-hydrogen) atoms. The van der Waals surface area contributed by atoms with Gasteiger partial charge in [0.15, 0.2) is 16.6 Å². The summed E-state index contributed by atoms with van der Waals surface area (Å²) >= 11 is 0. The van der Waals surface area contributed by atoms with Crippen LogP contribution in [0.15, 0.2) is 47.6 Å². The van der Waals surface area contributed by atoms with E-state index in [0.29, 0.717) is 17.8 Å². The van der Waals surface area contributed by atoms with Crippen molar-refractivity contribution in [1.29, 1.82) is 0 Å². The molecule has 7 heteroatoms. The third kappa shape index (κ3) is 8.37. The number of aliphatic hydroxyl groups is 1. The lowest BCUT2D eigenvalue weighted by molar-refractivity contribution is -0.137. The molecule has 0 aromatic carbocycles. The molecule has 4 fully saturated rings. The van der Waals surface area contributed by atoms with Crippen molar-refractivity contribution >= 4 is 22.5 Å². The third-order valence-electron chi connectivity index (χ3n) is 14.2. The highest BCUT2D eigenvalue weighted by Crippen LogP contribution is 2.60. The Balaban J connectivity index is 1.56. The summed E-state index contributed by atoms with van der Waals surface area (Å²) in [6, 6.07) is 0. The van der Waals surface area contributed by atoms with Gasteiger partial charge in [-0.05, 0) is 122 Å². The molecule has 0 radical (unpaired) electrons. The number of hydrogen-bond donors (Lipinski definition) is 1. The first-order valence-electron chi connectivity index (χ1n) is 19.4. The Morgan fingerprint density at radius 3 is 2.10 bits per heavy atom. The van der Waals surface area contributed by atoms with Crippen molar-refractivity contribution < 1.29 is 18.8 Å². The molecule has 0 heterocycles. The minimum atomic E-state index is -2.01. The van der Waals surface area contributed by atoms with Gasteiger partial charge in [0.1, 0.15) is 0 Å². The summed E-state index contributed by atoms with van der Waals surface area (Å²) in [5.74, 6) is 1.54. The van der Waals surface area contributed by atoms with Crippen LogP contribution in [-0.4, -0.2) is 65.0 Å². The first kappa shape index (κ1) is 40.5. The van der Waals surface area contributed by atoms with E-state index in [0.717, 1.165) is 37.7 Å². The van der Waals surface area contributed by atoms with Crippen LogP contribution < -0.4 is 0 Å². The molecule has 0 saturated heterocycles. The van der Waals surface area contributed by atoms with Crippen LogP contribution in [0.5, 0.6) is 0 Å². The smallest absolute Gasteiger partial charge is 0.231 e. The predicted molar refractivity (Wildman–Crippen MR) is 212 cm³/mol. The summed E-state index contributed by atoms with van der Waals surface area (Å²) in [7, 11) is -0.389. The molecule has 278 valence electrons. The Kier molecular flexibility index (Phi) is 11.8. The lowest BCUT2D eigenvalue weighted by Gasteiger charge is -2.45. The van der Waals surface area contributed by atoms with Gasteiger partial charge in [-0.2, -0.15) is 0 Å². The van der Waals surface area contributed by atoms with Crippen LogP contribution in [0, 0.1) is 28.6 Å². The largest absolute Gasteiger partial charge is 0.413 e. The topological polar surface area (TPSA) is 59.0 Å². The van der Waals surface area contributed by atoms with Crippen LogP contribution in [-0.2, 0) is 13.6 Å². The standard InChI is InChI=1S/C42H73NO4Si2/c1-29(18-23-37(44)42(25-26-42)38(45)43(10)11)34-21-22-35-31(17-16-24-41(34,35)9)19-20-32-27-33(46-48(12,13)39(3,4)5)28-36(30(32)2)47-49(14,15)40(6,7)8/h18-20,23,29,33-37,44H,2,16-17,21-22,24-28H2,1,3-15H3/b23-18+,31-19+,32-20+/t29-,33?,34?,35?,36?,37?,41-/m1/s1. The number of carbonyl (C=O) groups is 1. The van der Waals surface area contributed by atoms with Crippen LogP contribution in [0.3, 0.4) is 0 Å². The molecule has 5 nitrogen and oxygen atoms in total. The van der Waals surface area contributed by atoms with E-state index in [1.54, 1.807) is 24.6 Å². The van der Waals surface area contributed by atoms with Crippen molar-refractivity contribution in [3.63, 3.8) is 0 Å². The van der Waals surface area contributed by atoms with Gasteiger partial charge in [-0.1, -0.05) is 91.8 Å². The maximum Gasteiger partial charge on any atom is 0.231 e. The van der Waals surface area contributed by atoms with Crippen LogP contribution >= 0.6 is 0 Å². The minimum Gasteiger partial charge on any atom is -0.413 e. The molecule has 1 amide bonds. The van der Waals surface area contributed by atoms with E-state index in [4.69, 9.17) is 8.85 Å². The molecular formula is C42H73NO4Si2. The number of nitrogens with zero attached hydrogens (tertiary/aromatic N) is 1. The van der Waals surface area contributed by atoms with E-state index >= 15 is 0 Å². The fourth-order valence-electron chi connectivity index (χ4n) is 8.72. The average molecular weight is 712 g/mol. The van der Waals surface area contributed by atoms with Gasteiger partial charge in [0.2, 0.25) is 5.91 Å². The van der Waals surface area contributed by atoms with Gasteiger partial charge < -0.3 is 18.9 Å². The number of rotatable bonds is 10. The highest BCUT2D eigenvalue weighted by Gasteiger charge is 2.56. The molecule has 7 atom stereocenters. The van der Waals surface area contributed by atoms with Crippen LogP contribution in [0.1, 0.15) is 113 Å². The highest BCUT2D eigenvalue weighted by atomic mass is 28.4. The Bertz CT molecular complexity index is 1320. The maximum absolute atomic E-state index is 12.8. The van der Waals surface area contributed by atoms with E-state index in [2.05, 4.69) is 106 Å². The van der Waals surface area contributed by atoms with Crippen molar-refractivity contribution in [2.75, 3.05) is 14.1 Å². The first-order valence-corrected chi connectivity index (χ1v) is 25.2. The van der Waals surface area contributed by atoms with Gasteiger partial charge in [0.05, 0.1) is 23.7 Å². The number of hydrogen-bond acceptors (Lipinski definition) is 4. The number of carbonyl (C=O) groups excluding carboxylic acids is 1. The summed E-state index contributed by atoms with van der Waals surface area (Å²) < 4.78 is 14.2. The molecule has 0 spiro atoms. The number of aliphatic hydroxyl groups excluding tert-OH is 1. The molecule has 4 saturated carbocycles. The van der Waals surface area contributed by atoms with E-state index < -0.39 is 28.2 Å². The molecule has 0 aromatic heterocycles. The third-order valence-corrected chi connectivity index (χ3v) is 23.2. The van der Waals surface area contributed by atoms with Gasteiger partial charge >= 0.3 is 0 Å². The fourth-order valence-corrected chi connectivity index (χ4v) is 11.4. The van der Waals surface area contributed by atoms with Crippen molar-refractivity contribution in [1.82, 2.24) is 4.90 Å². The summed E-state index contributed by atoms with van der Waals surface area (Å²) in [5.41, 5.74) is 3.68. The maximum atomic E-state index is 12.8. The number of fused-ring (bicyclic) bond motifs is 1. The average Bonchev–Trinajstić information content (AvgIpc) is 3.70. The Morgan fingerprint density at radius 2 is 1.55 bits per heavy atom. The fraction of sp³-hybridized carbons (Fsp3) is 0.786. The van der Waals surface area contributed by atoms with Gasteiger partial charge in [-0.15, -0.1) is 0 Å². The molecule has 5 unspecified atom stereocenters. The zero-order chi connectivity index (χ0) is 37.0. The summed E-state index contributed by atoms with van der Waals surface area (Å²) in [4.78, 5) is 14.4. The van der Waals surface area contributed by atoms with Crippen molar-refractivity contribution in [3.8, 4) is 0 Å². The quantitative estimate of drug-likeness (QED) is 0.181. The van der Waals surface area contributed by atoms with Crippen LogP contribution in [0.4, 0.5) is 0 Å². The summed E-state index contributed by atoms with van der Waals surface area (Å²) in [6.07, 6.45) is 17.8. The van der Waals surface area contributed by atoms with Crippen LogP contribution in [0.25, 0.3) is 0 Å². The van der Waals surface area contributed by atoms with Crippen molar-refractivity contribution in [2.24, 2.45) is 28.6 Å². The van der Waals surface area contributed by atoms with E-state index in [-0.39, 0.29) is 33.6 Å².